The molecule has 0 aromatic heterocycles. The Morgan fingerprint density at radius 2 is 1.29 bits per heavy atom. The minimum atomic E-state index is -0.0366. The summed E-state index contributed by atoms with van der Waals surface area (Å²) in [5.41, 5.74) is 0. The molecule has 0 spiro atoms. The van der Waals surface area contributed by atoms with Crippen molar-refractivity contribution >= 4 is 35.5 Å². The first-order chi connectivity index (χ1) is 7.81. The average molecular weight is 251 g/mol. The molecule has 0 saturated heterocycles. The molecule has 0 aliphatic rings. The third-order valence-corrected chi connectivity index (χ3v) is 2.79. The van der Waals surface area contributed by atoms with Gasteiger partial charge in [-0.15, -0.1) is 0 Å². The van der Waals surface area contributed by atoms with Crippen molar-refractivity contribution in [2.75, 3.05) is 6.61 Å². The van der Waals surface area contributed by atoms with Crippen molar-refractivity contribution in [2.45, 2.75) is 78.1 Å². The molecule has 0 bridgehead atoms. The van der Waals surface area contributed by atoms with Crippen molar-refractivity contribution in [1.82, 2.24) is 0 Å². The molecule has 0 aliphatic carbocycles. The summed E-state index contributed by atoms with van der Waals surface area (Å²) >= 11 is 0. The van der Waals surface area contributed by atoms with E-state index in [1.807, 2.05) is 6.92 Å². The predicted octanol–water partition coefficient (Wildman–Crippen LogP) is 4.09. The summed E-state index contributed by atoms with van der Waals surface area (Å²) in [5.74, 6) is -0.0366. The van der Waals surface area contributed by atoms with Crippen LogP contribution in [0.3, 0.4) is 0 Å². The SMILES string of the molecule is CCCCCCCCCCCC(=O)OCC.[Na]. The summed E-state index contributed by atoms with van der Waals surface area (Å²) < 4.78 is 4.87. The van der Waals surface area contributed by atoms with Gasteiger partial charge in [0.05, 0.1) is 6.61 Å². The van der Waals surface area contributed by atoms with Crippen molar-refractivity contribution in [3.8, 4) is 0 Å². The van der Waals surface area contributed by atoms with E-state index < -0.39 is 0 Å². The summed E-state index contributed by atoms with van der Waals surface area (Å²) in [6, 6.07) is 0. The van der Waals surface area contributed by atoms with Gasteiger partial charge in [0.2, 0.25) is 0 Å². The topological polar surface area (TPSA) is 26.3 Å². The Kier molecular flexibility index (Phi) is 19.2. The maximum absolute atomic E-state index is 11.0. The molecule has 0 rings (SSSR count). The second-order valence-electron chi connectivity index (χ2n) is 4.38. The van der Waals surface area contributed by atoms with Crippen LogP contribution in [0, 0.1) is 0 Å². The minimum absolute atomic E-state index is 0. The molecule has 2 nitrogen and oxygen atoms in total. The first-order valence-corrected chi connectivity index (χ1v) is 6.96. The van der Waals surface area contributed by atoms with Crippen molar-refractivity contribution in [3.63, 3.8) is 0 Å². The normalized spacial score (nSPS) is 9.76. The molecule has 0 atom stereocenters. The largest absolute Gasteiger partial charge is 0.466 e. The molecule has 0 fully saturated rings. The Morgan fingerprint density at radius 1 is 0.824 bits per heavy atom. The molecule has 0 amide bonds. The fourth-order valence-electron chi connectivity index (χ4n) is 1.81. The van der Waals surface area contributed by atoms with Gasteiger partial charge in [-0.3, -0.25) is 4.79 Å². The molecule has 0 heterocycles. The monoisotopic (exact) mass is 251 g/mol. The quantitative estimate of drug-likeness (QED) is 0.314. The molecule has 1 radical (unpaired) electrons. The van der Waals surface area contributed by atoms with Crippen LogP contribution in [0.1, 0.15) is 78.1 Å². The van der Waals surface area contributed by atoms with Crippen LogP contribution in [-0.2, 0) is 9.53 Å². The first-order valence-electron chi connectivity index (χ1n) is 6.96. The van der Waals surface area contributed by atoms with E-state index in [1.54, 1.807) is 0 Å². The van der Waals surface area contributed by atoms with Gasteiger partial charge >= 0.3 is 5.97 Å². The summed E-state index contributed by atoms with van der Waals surface area (Å²) in [5, 5.41) is 0. The van der Waals surface area contributed by atoms with Gasteiger partial charge in [-0.05, 0) is 13.3 Å². The molecule has 3 heteroatoms. The molecule has 0 unspecified atom stereocenters. The molecule has 0 aliphatic heterocycles. The number of esters is 1. The molecular formula is C14H28NaO2. The molecule has 97 valence electrons. The fourth-order valence-corrected chi connectivity index (χ4v) is 1.81. The Morgan fingerprint density at radius 3 is 1.76 bits per heavy atom. The Labute approximate surface area is 129 Å². The van der Waals surface area contributed by atoms with Crippen LogP contribution in [0.15, 0.2) is 0 Å². The van der Waals surface area contributed by atoms with E-state index in [0.717, 1.165) is 6.42 Å². The van der Waals surface area contributed by atoms with Gasteiger partial charge in [-0.1, -0.05) is 58.3 Å². The third kappa shape index (κ3) is 16.5. The van der Waals surface area contributed by atoms with E-state index in [2.05, 4.69) is 6.92 Å². The second-order valence-corrected chi connectivity index (χ2v) is 4.38. The number of carbonyl (C=O) groups is 1. The van der Waals surface area contributed by atoms with Crippen molar-refractivity contribution < 1.29 is 9.53 Å². The summed E-state index contributed by atoms with van der Waals surface area (Å²) in [6.45, 7) is 4.61. The van der Waals surface area contributed by atoms with Crippen LogP contribution < -0.4 is 0 Å². The van der Waals surface area contributed by atoms with Gasteiger partial charge in [-0.2, -0.15) is 0 Å². The summed E-state index contributed by atoms with van der Waals surface area (Å²) in [7, 11) is 0. The second kappa shape index (κ2) is 16.5. The van der Waals surface area contributed by atoms with Gasteiger partial charge in [0, 0.05) is 36.0 Å². The third-order valence-electron chi connectivity index (χ3n) is 2.79. The van der Waals surface area contributed by atoms with Crippen molar-refractivity contribution in [1.29, 1.82) is 0 Å². The maximum atomic E-state index is 11.0. The van der Waals surface area contributed by atoms with Crippen LogP contribution in [0.5, 0.6) is 0 Å². The predicted molar refractivity (Wildman–Crippen MR) is 74.2 cm³/mol. The number of carbonyl (C=O) groups excluding carboxylic acids is 1. The van der Waals surface area contributed by atoms with Crippen LogP contribution >= 0.6 is 0 Å². The van der Waals surface area contributed by atoms with E-state index >= 15 is 0 Å². The number of hydrogen-bond donors (Lipinski definition) is 0. The van der Waals surface area contributed by atoms with Crippen LogP contribution in [0.4, 0.5) is 0 Å². The average Bonchev–Trinajstić information content (AvgIpc) is 2.27. The van der Waals surface area contributed by atoms with Gasteiger partial charge in [-0.25, -0.2) is 0 Å². The molecule has 0 aromatic rings. The first kappa shape index (κ1) is 19.8. The van der Waals surface area contributed by atoms with E-state index in [1.165, 1.54) is 51.4 Å². The van der Waals surface area contributed by atoms with Crippen molar-refractivity contribution in [2.24, 2.45) is 0 Å². The van der Waals surface area contributed by atoms with Crippen LogP contribution in [0.25, 0.3) is 0 Å². The maximum Gasteiger partial charge on any atom is 0.305 e. The summed E-state index contributed by atoms with van der Waals surface area (Å²) in [6.07, 6.45) is 12.2. The van der Waals surface area contributed by atoms with E-state index in [-0.39, 0.29) is 35.5 Å². The zero-order valence-corrected chi connectivity index (χ0v) is 14.1. The zero-order valence-electron chi connectivity index (χ0n) is 12.1. The summed E-state index contributed by atoms with van der Waals surface area (Å²) in [4.78, 5) is 11.0. The molecular weight excluding hydrogens is 223 g/mol. The van der Waals surface area contributed by atoms with E-state index in [9.17, 15) is 4.79 Å². The van der Waals surface area contributed by atoms with Gasteiger partial charge in [0.1, 0.15) is 0 Å². The number of hydrogen-bond acceptors (Lipinski definition) is 2. The standard InChI is InChI=1S/C14H28O2.Na/c1-3-5-6-7-8-9-10-11-12-13-14(15)16-4-2;/h3-13H2,1-2H3;. The number of ether oxygens (including phenoxy) is 1. The Balaban J connectivity index is 0. The Bertz CT molecular complexity index is 160. The van der Waals surface area contributed by atoms with Gasteiger partial charge in [0.15, 0.2) is 0 Å². The molecule has 0 aromatic carbocycles. The van der Waals surface area contributed by atoms with Crippen molar-refractivity contribution in [3.05, 3.63) is 0 Å². The fraction of sp³-hybridized carbons (Fsp3) is 0.929. The smallest absolute Gasteiger partial charge is 0.305 e. The van der Waals surface area contributed by atoms with Gasteiger partial charge < -0.3 is 4.74 Å². The molecule has 0 saturated carbocycles. The minimum Gasteiger partial charge on any atom is -0.466 e. The van der Waals surface area contributed by atoms with E-state index in [4.69, 9.17) is 4.74 Å². The van der Waals surface area contributed by atoms with Crippen LogP contribution in [0.2, 0.25) is 0 Å². The molecule has 0 N–H and O–H groups in total. The molecule has 17 heavy (non-hydrogen) atoms. The Hall–Kier alpha value is 0.470. The number of rotatable bonds is 11. The zero-order chi connectivity index (χ0) is 12.1. The van der Waals surface area contributed by atoms with Gasteiger partial charge in [0.25, 0.3) is 0 Å². The van der Waals surface area contributed by atoms with Crippen LogP contribution in [-0.4, -0.2) is 42.1 Å². The van der Waals surface area contributed by atoms with E-state index in [0.29, 0.717) is 13.0 Å². The number of unbranched alkanes of at least 4 members (excludes halogenated alkanes) is 8.